The van der Waals surface area contributed by atoms with Crippen molar-refractivity contribution in [3.63, 3.8) is 0 Å². The average molecular weight is 387 g/mol. The number of hydrogen-bond donors (Lipinski definition) is 3. The van der Waals surface area contributed by atoms with E-state index in [1.807, 2.05) is 18.2 Å². The van der Waals surface area contributed by atoms with Crippen molar-refractivity contribution in [1.82, 2.24) is 20.2 Å². The summed E-state index contributed by atoms with van der Waals surface area (Å²) in [6.07, 6.45) is 1.29. The number of aromatic amines is 2. The monoisotopic (exact) mass is 387 g/mol. The average Bonchev–Trinajstić information content (AvgIpc) is 3.02. The van der Waals surface area contributed by atoms with Crippen molar-refractivity contribution in [1.29, 1.82) is 0 Å². The van der Waals surface area contributed by atoms with Crippen LogP contribution in [0.5, 0.6) is 0 Å². The van der Waals surface area contributed by atoms with E-state index in [1.54, 1.807) is 43.3 Å². The third-order valence-electron chi connectivity index (χ3n) is 4.49. The van der Waals surface area contributed by atoms with E-state index >= 15 is 0 Å². The summed E-state index contributed by atoms with van der Waals surface area (Å²) in [7, 11) is 0. The van der Waals surface area contributed by atoms with E-state index in [-0.39, 0.29) is 16.7 Å². The third kappa shape index (κ3) is 3.51. The lowest BCUT2D eigenvalue weighted by molar-refractivity contribution is 0.0956. The van der Waals surface area contributed by atoms with Gasteiger partial charge < -0.3 is 4.98 Å². The summed E-state index contributed by atoms with van der Waals surface area (Å²) in [5, 5.41) is 7.50. The fraction of sp³-hybridized carbons (Fsp3) is 0.0476. The highest BCUT2D eigenvalue weighted by Crippen LogP contribution is 2.14. The molecule has 8 heteroatoms. The quantitative estimate of drug-likeness (QED) is 0.368. The molecule has 4 aromatic rings. The van der Waals surface area contributed by atoms with Gasteiger partial charge in [-0.25, -0.2) is 10.1 Å². The van der Waals surface area contributed by atoms with Crippen LogP contribution in [0.15, 0.2) is 75.4 Å². The van der Waals surface area contributed by atoms with Crippen molar-refractivity contribution in [2.75, 3.05) is 0 Å². The zero-order valence-corrected chi connectivity index (χ0v) is 15.5. The van der Waals surface area contributed by atoms with Crippen molar-refractivity contribution in [3.8, 4) is 5.69 Å². The summed E-state index contributed by atoms with van der Waals surface area (Å²) in [5.74, 6) is -0.542. The number of nitrogens with one attached hydrogen (secondary N) is 3. The number of nitrogens with zero attached hydrogens (tertiary/aromatic N) is 2. The van der Waals surface area contributed by atoms with Crippen LogP contribution < -0.4 is 16.5 Å². The Morgan fingerprint density at radius 3 is 2.59 bits per heavy atom. The Hall–Kier alpha value is -4.20. The summed E-state index contributed by atoms with van der Waals surface area (Å²) in [4.78, 5) is 39.7. The maximum atomic E-state index is 12.6. The van der Waals surface area contributed by atoms with Crippen LogP contribution in [-0.4, -0.2) is 26.9 Å². The van der Waals surface area contributed by atoms with E-state index in [0.29, 0.717) is 27.8 Å². The molecule has 2 aromatic carbocycles. The first-order valence-corrected chi connectivity index (χ1v) is 8.87. The van der Waals surface area contributed by atoms with Gasteiger partial charge in [-0.2, -0.15) is 5.10 Å². The van der Waals surface area contributed by atoms with Gasteiger partial charge in [0.15, 0.2) is 0 Å². The van der Waals surface area contributed by atoms with Gasteiger partial charge in [0.05, 0.1) is 23.0 Å². The largest absolute Gasteiger partial charge is 0.322 e. The second kappa shape index (κ2) is 7.43. The lowest BCUT2D eigenvalue weighted by Crippen LogP contribution is -2.22. The number of benzene rings is 2. The van der Waals surface area contributed by atoms with Crippen molar-refractivity contribution >= 4 is 23.0 Å². The summed E-state index contributed by atoms with van der Waals surface area (Å²) in [5.41, 5.74) is 4.10. The van der Waals surface area contributed by atoms with Gasteiger partial charge in [0.25, 0.3) is 11.5 Å². The van der Waals surface area contributed by atoms with Gasteiger partial charge in [-0.1, -0.05) is 36.4 Å². The highest BCUT2D eigenvalue weighted by Gasteiger charge is 2.12. The molecule has 0 aliphatic rings. The van der Waals surface area contributed by atoms with Crippen LogP contribution in [0.4, 0.5) is 0 Å². The molecule has 29 heavy (non-hydrogen) atoms. The Kier molecular flexibility index (Phi) is 4.66. The maximum absolute atomic E-state index is 12.6. The van der Waals surface area contributed by atoms with Gasteiger partial charge in [0.2, 0.25) is 5.56 Å². The molecule has 144 valence electrons. The summed E-state index contributed by atoms with van der Waals surface area (Å²) >= 11 is 0. The van der Waals surface area contributed by atoms with E-state index in [9.17, 15) is 14.4 Å². The SMILES string of the molecule is Cc1[nH]n(-c2ccccc2)c(=O)c1C=NNC(=O)c1cc(=O)[nH]c2ccccc12. The number of aromatic nitrogens is 3. The molecule has 0 spiro atoms. The number of aryl methyl sites for hydroxylation is 1. The number of para-hydroxylation sites is 2. The molecule has 0 radical (unpaired) electrons. The minimum Gasteiger partial charge on any atom is -0.322 e. The van der Waals surface area contributed by atoms with Crippen LogP contribution >= 0.6 is 0 Å². The molecule has 8 nitrogen and oxygen atoms in total. The molecular weight excluding hydrogens is 370 g/mol. The normalized spacial score (nSPS) is 11.2. The zero-order valence-electron chi connectivity index (χ0n) is 15.5. The van der Waals surface area contributed by atoms with E-state index in [1.165, 1.54) is 17.0 Å². The molecule has 4 rings (SSSR count). The number of fused-ring (bicyclic) bond motifs is 1. The molecule has 0 unspecified atom stereocenters. The lowest BCUT2D eigenvalue weighted by atomic mass is 10.1. The van der Waals surface area contributed by atoms with Gasteiger partial charge in [0, 0.05) is 22.7 Å². The Bertz CT molecular complexity index is 1350. The van der Waals surface area contributed by atoms with Crippen molar-refractivity contribution < 1.29 is 4.79 Å². The summed E-state index contributed by atoms with van der Waals surface area (Å²) in [6.45, 7) is 1.74. The Morgan fingerprint density at radius 2 is 1.79 bits per heavy atom. The first-order valence-electron chi connectivity index (χ1n) is 8.87. The Morgan fingerprint density at radius 1 is 1.07 bits per heavy atom. The second-order valence-corrected chi connectivity index (χ2v) is 6.42. The third-order valence-corrected chi connectivity index (χ3v) is 4.49. The number of amides is 1. The highest BCUT2D eigenvalue weighted by atomic mass is 16.2. The molecule has 0 saturated heterocycles. The molecule has 3 N–H and O–H groups in total. The number of carbonyl (C=O) groups excluding carboxylic acids is 1. The van der Waals surface area contributed by atoms with Crippen LogP contribution in [0, 0.1) is 6.92 Å². The number of carbonyl (C=O) groups is 1. The molecule has 0 atom stereocenters. The van der Waals surface area contributed by atoms with E-state index < -0.39 is 5.91 Å². The van der Waals surface area contributed by atoms with E-state index in [0.717, 1.165) is 0 Å². The highest BCUT2D eigenvalue weighted by molar-refractivity contribution is 6.06. The predicted octanol–water partition coefficient (Wildman–Crippen LogP) is 2.08. The molecule has 0 saturated carbocycles. The van der Waals surface area contributed by atoms with Crippen LogP contribution in [0.25, 0.3) is 16.6 Å². The standard InChI is InChI=1S/C21H17N5O3/c1-13-17(21(29)26(25-13)14-7-3-2-4-8-14)12-22-24-20(28)16-11-19(27)23-18-10-6-5-9-15(16)18/h2-12,25H,1H3,(H,23,27)(H,24,28). The first-order chi connectivity index (χ1) is 14.0. The molecule has 0 fully saturated rings. The molecule has 2 aromatic heterocycles. The number of hydrazone groups is 1. The van der Waals surface area contributed by atoms with Gasteiger partial charge in [-0.15, -0.1) is 0 Å². The lowest BCUT2D eigenvalue weighted by Gasteiger charge is -2.04. The first kappa shape index (κ1) is 18.2. The van der Waals surface area contributed by atoms with Crippen molar-refractivity contribution in [2.45, 2.75) is 6.92 Å². The Labute approximate surface area is 164 Å². The van der Waals surface area contributed by atoms with Gasteiger partial charge in [-0.05, 0) is 25.1 Å². The second-order valence-electron chi connectivity index (χ2n) is 6.42. The predicted molar refractivity (Wildman–Crippen MR) is 111 cm³/mol. The van der Waals surface area contributed by atoms with Gasteiger partial charge in [-0.3, -0.25) is 19.5 Å². The van der Waals surface area contributed by atoms with Crippen molar-refractivity contribution in [3.05, 3.63) is 98.2 Å². The van der Waals surface area contributed by atoms with Crippen molar-refractivity contribution in [2.24, 2.45) is 5.10 Å². The molecule has 0 aliphatic heterocycles. The smallest absolute Gasteiger partial charge is 0.280 e. The number of pyridine rings is 1. The topological polar surface area (TPSA) is 112 Å². The van der Waals surface area contributed by atoms with Crippen LogP contribution in [0.1, 0.15) is 21.6 Å². The zero-order chi connectivity index (χ0) is 20.4. The fourth-order valence-corrected chi connectivity index (χ4v) is 3.08. The number of H-pyrrole nitrogens is 2. The molecular formula is C21H17N5O3. The summed E-state index contributed by atoms with van der Waals surface area (Å²) in [6, 6.07) is 17.3. The minimum atomic E-state index is -0.542. The number of hydrogen-bond acceptors (Lipinski definition) is 4. The molecule has 1 amide bonds. The molecule has 2 heterocycles. The summed E-state index contributed by atoms with van der Waals surface area (Å²) < 4.78 is 1.41. The minimum absolute atomic E-state index is 0.203. The molecule has 0 aliphatic carbocycles. The van der Waals surface area contributed by atoms with Gasteiger partial charge in [0.1, 0.15) is 0 Å². The van der Waals surface area contributed by atoms with E-state index in [2.05, 4.69) is 20.6 Å². The van der Waals surface area contributed by atoms with Crippen LogP contribution in [0.2, 0.25) is 0 Å². The maximum Gasteiger partial charge on any atom is 0.280 e. The van der Waals surface area contributed by atoms with Crippen LogP contribution in [-0.2, 0) is 0 Å². The van der Waals surface area contributed by atoms with E-state index in [4.69, 9.17) is 0 Å². The van der Waals surface area contributed by atoms with Crippen LogP contribution in [0.3, 0.4) is 0 Å². The van der Waals surface area contributed by atoms with Gasteiger partial charge >= 0.3 is 0 Å². The number of rotatable bonds is 4. The fourth-order valence-electron chi connectivity index (χ4n) is 3.08. The molecule has 0 bridgehead atoms. The Balaban J connectivity index is 1.61.